The Hall–Kier alpha value is -3.16. The van der Waals surface area contributed by atoms with Gasteiger partial charge in [0.05, 0.1) is 19.1 Å². The Labute approximate surface area is 217 Å². The molecule has 1 saturated carbocycles. The highest BCUT2D eigenvalue weighted by Crippen LogP contribution is 2.50. The third kappa shape index (κ3) is 4.24. The highest BCUT2D eigenvalue weighted by molar-refractivity contribution is 5.85. The number of hydrogen-bond donors (Lipinski definition) is 1. The molecule has 7 nitrogen and oxygen atoms in total. The molecule has 1 N–H and O–H groups in total. The van der Waals surface area contributed by atoms with E-state index in [9.17, 15) is 9.59 Å². The number of fused-ring (bicyclic) bond motifs is 6. The van der Waals surface area contributed by atoms with Crippen molar-refractivity contribution in [1.29, 1.82) is 0 Å². The number of carbonyl (C=O) groups is 2. The summed E-state index contributed by atoms with van der Waals surface area (Å²) in [5, 5.41) is 1.30. The average molecular weight is 503 g/mol. The van der Waals surface area contributed by atoms with Gasteiger partial charge < -0.3 is 19.2 Å². The fourth-order valence-electron chi connectivity index (χ4n) is 7.12. The van der Waals surface area contributed by atoms with Gasteiger partial charge in [-0.2, -0.15) is 0 Å². The van der Waals surface area contributed by atoms with Crippen LogP contribution in [0.2, 0.25) is 0 Å². The second-order valence-electron chi connectivity index (χ2n) is 10.6. The van der Waals surface area contributed by atoms with Crippen molar-refractivity contribution in [3.63, 3.8) is 0 Å². The molecule has 0 bridgehead atoms. The molecule has 7 heteroatoms. The van der Waals surface area contributed by atoms with E-state index in [1.807, 2.05) is 30.3 Å². The number of carbonyl (C=O) groups excluding carboxylic acids is 2. The van der Waals surface area contributed by atoms with Crippen molar-refractivity contribution in [2.75, 3.05) is 27.3 Å². The van der Waals surface area contributed by atoms with Gasteiger partial charge in [-0.1, -0.05) is 48.5 Å². The Balaban J connectivity index is 1.27. The lowest BCUT2D eigenvalue weighted by molar-refractivity contribution is -0.179. The number of para-hydroxylation sites is 1. The third-order valence-electron chi connectivity index (χ3n) is 8.82. The van der Waals surface area contributed by atoms with Crippen molar-refractivity contribution in [2.45, 2.75) is 43.9 Å². The van der Waals surface area contributed by atoms with E-state index < -0.39 is 24.1 Å². The number of benzene rings is 2. The van der Waals surface area contributed by atoms with Gasteiger partial charge in [-0.05, 0) is 54.7 Å². The third-order valence-corrected chi connectivity index (χ3v) is 8.82. The van der Waals surface area contributed by atoms with Crippen LogP contribution >= 0.6 is 0 Å². The molecule has 2 fully saturated rings. The predicted molar refractivity (Wildman–Crippen MR) is 139 cm³/mol. The zero-order chi connectivity index (χ0) is 25.5. The molecule has 0 radical (unpaired) electrons. The molecule has 3 aromatic rings. The van der Waals surface area contributed by atoms with Crippen LogP contribution in [0, 0.1) is 17.8 Å². The van der Waals surface area contributed by atoms with E-state index in [4.69, 9.17) is 14.2 Å². The molecule has 0 unspecified atom stereocenters. The summed E-state index contributed by atoms with van der Waals surface area (Å²) in [5.74, 6) is -0.789. The molecule has 37 heavy (non-hydrogen) atoms. The van der Waals surface area contributed by atoms with E-state index in [0.29, 0.717) is 12.3 Å². The molecule has 6 atom stereocenters. The lowest BCUT2D eigenvalue weighted by Gasteiger charge is -2.51. The topological polar surface area (TPSA) is 80.9 Å². The summed E-state index contributed by atoms with van der Waals surface area (Å²) in [5.41, 5.74) is 4.58. The Kier molecular flexibility index (Phi) is 6.51. The number of nitrogens with one attached hydrogen (secondary N) is 1. The van der Waals surface area contributed by atoms with Crippen LogP contribution in [0.1, 0.15) is 48.2 Å². The first-order chi connectivity index (χ1) is 18.1. The lowest BCUT2D eigenvalue weighted by atomic mass is 9.64. The highest BCUT2D eigenvalue weighted by atomic mass is 16.6. The summed E-state index contributed by atoms with van der Waals surface area (Å²) in [6, 6.07) is 18.0. The van der Waals surface area contributed by atoms with E-state index >= 15 is 0 Å². The van der Waals surface area contributed by atoms with Gasteiger partial charge >= 0.3 is 11.9 Å². The Morgan fingerprint density at radius 3 is 2.59 bits per heavy atom. The molecule has 194 valence electrons. The van der Waals surface area contributed by atoms with Crippen LogP contribution < -0.4 is 0 Å². The van der Waals surface area contributed by atoms with Gasteiger partial charge in [-0.3, -0.25) is 9.69 Å². The number of piperidine rings is 1. The fraction of sp³-hybridized carbons (Fsp3) is 0.467. The van der Waals surface area contributed by atoms with Crippen molar-refractivity contribution in [3.05, 3.63) is 71.4 Å². The molecule has 3 aliphatic rings. The minimum atomic E-state index is -0.827. The second-order valence-corrected chi connectivity index (χ2v) is 10.6. The first kappa shape index (κ1) is 24.2. The highest BCUT2D eigenvalue weighted by Gasteiger charge is 2.51. The lowest BCUT2D eigenvalue weighted by Crippen LogP contribution is -2.54. The van der Waals surface area contributed by atoms with Crippen LogP contribution in [-0.4, -0.2) is 55.2 Å². The Morgan fingerprint density at radius 2 is 1.81 bits per heavy atom. The van der Waals surface area contributed by atoms with Crippen LogP contribution in [0.3, 0.4) is 0 Å². The predicted octanol–water partition coefficient (Wildman–Crippen LogP) is 4.59. The standard InChI is InChI=1S/C30H34N2O5/c1-35-28(18-8-4-3-5-9-18)30(34)37-25-13-12-19-17-32-15-14-21-20-10-6-7-11-23(20)31-27(21)24(32)16-22(19)26(25)29(33)36-2/h3-11,19,22,24-26,28,31H,12-17H2,1-2H3/t19-,22-,24-,25+,26-,28-/m0/s1. The average Bonchev–Trinajstić information content (AvgIpc) is 3.32. The van der Waals surface area contributed by atoms with E-state index in [0.717, 1.165) is 37.9 Å². The van der Waals surface area contributed by atoms with Crippen LogP contribution in [-0.2, 0) is 30.2 Å². The second kappa shape index (κ2) is 9.95. The quantitative estimate of drug-likeness (QED) is 0.514. The van der Waals surface area contributed by atoms with Crippen molar-refractivity contribution >= 4 is 22.8 Å². The fourth-order valence-corrected chi connectivity index (χ4v) is 7.12. The van der Waals surface area contributed by atoms with Crippen molar-refractivity contribution in [1.82, 2.24) is 9.88 Å². The number of rotatable bonds is 5. The first-order valence-corrected chi connectivity index (χ1v) is 13.3. The summed E-state index contributed by atoms with van der Waals surface area (Å²) in [7, 11) is 2.93. The minimum absolute atomic E-state index is 0.0790. The van der Waals surface area contributed by atoms with Crippen LogP contribution in [0.15, 0.2) is 54.6 Å². The van der Waals surface area contributed by atoms with Crippen LogP contribution in [0.5, 0.6) is 0 Å². The maximum absolute atomic E-state index is 13.2. The van der Waals surface area contributed by atoms with Crippen molar-refractivity contribution in [2.24, 2.45) is 17.8 Å². The van der Waals surface area contributed by atoms with E-state index in [2.05, 4.69) is 34.1 Å². The monoisotopic (exact) mass is 502 g/mol. The van der Waals surface area contributed by atoms with E-state index in [1.54, 1.807) is 0 Å². The number of aromatic nitrogens is 1. The zero-order valence-corrected chi connectivity index (χ0v) is 21.4. The molecule has 3 heterocycles. The summed E-state index contributed by atoms with van der Waals surface area (Å²) in [6.07, 6.45) is 2.08. The molecule has 0 spiro atoms. The number of hydrogen-bond acceptors (Lipinski definition) is 6. The Morgan fingerprint density at radius 1 is 1.03 bits per heavy atom. The molecule has 1 aliphatic carbocycles. The molecule has 6 rings (SSSR count). The molecule has 2 aliphatic heterocycles. The first-order valence-electron chi connectivity index (χ1n) is 13.3. The summed E-state index contributed by atoms with van der Waals surface area (Å²) in [4.78, 5) is 32.7. The summed E-state index contributed by atoms with van der Waals surface area (Å²) >= 11 is 0. The van der Waals surface area contributed by atoms with Gasteiger partial charge in [0.25, 0.3) is 0 Å². The number of H-pyrrole nitrogens is 1. The maximum Gasteiger partial charge on any atom is 0.340 e. The number of aromatic amines is 1. The molecule has 1 saturated heterocycles. The van der Waals surface area contributed by atoms with Crippen molar-refractivity contribution in [3.8, 4) is 0 Å². The van der Waals surface area contributed by atoms with Gasteiger partial charge in [0, 0.05) is 36.8 Å². The smallest absolute Gasteiger partial charge is 0.340 e. The molecule has 2 aromatic carbocycles. The number of esters is 2. The Bertz CT molecular complexity index is 1290. The van der Waals surface area contributed by atoms with Crippen LogP contribution in [0.25, 0.3) is 10.9 Å². The van der Waals surface area contributed by atoms with Gasteiger partial charge in [0.15, 0.2) is 6.10 Å². The number of methoxy groups -OCH3 is 2. The normalized spacial score (nSPS) is 28.0. The van der Waals surface area contributed by atoms with E-state index in [1.165, 1.54) is 36.4 Å². The number of nitrogens with zero attached hydrogens (tertiary/aromatic N) is 1. The molecular weight excluding hydrogens is 468 g/mol. The SMILES string of the molecule is COC(=O)[C@H]1[C@H]2C[C@H]3c4[nH]c5ccccc5c4CCN3C[C@@H]2CC[C@H]1OC(=O)[C@@H](OC)c1ccccc1. The largest absolute Gasteiger partial charge is 0.469 e. The summed E-state index contributed by atoms with van der Waals surface area (Å²) in [6.45, 7) is 1.97. The number of ether oxygens (including phenoxy) is 3. The van der Waals surface area contributed by atoms with Crippen molar-refractivity contribution < 1.29 is 23.8 Å². The minimum Gasteiger partial charge on any atom is -0.469 e. The van der Waals surface area contributed by atoms with Gasteiger partial charge in [0.1, 0.15) is 6.10 Å². The molecule has 1 aromatic heterocycles. The summed E-state index contributed by atoms with van der Waals surface area (Å²) < 4.78 is 16.8. The molecule has 0 amide bonds. The molecular formula is C30H34N2O5. The van der Waals surface area contributed by atoms with Gasteiger partial charge in [-0.25, -0.2) is 4.79 Å². The van der Waals surface area contributed by atoms with Gasteiger partial charge in [0.2, 0.25) is 0 Å². The zero-order valence-electron chi connectivity index (χ0n) is 21.4. The van der Waals surface area contributed by atoms with Crippen LogP contribution in [0.4, 0.5) is 0 Å². The maximum atomic E-state index is 13.2. The van der Waals surface area contributed by atoms with E-state index in [-0.39, 0.29) is 17.9 Å². The van der Waals surface area contributed by atoms with Gasteiger partial charge in [-0.15, -0.1) is 0 Å².